The Kier molecular flexibility index (Phi) is 10.1. The van der Waals surface area contributed by atoms with Crippen molar-refractivity contribution in [1.29, 1.82) is 0 Å². The number of likely N-dealkylation sites (N-methyl/N-ethyl adjacent to an activating group) is 1. The summed E-state index contributed by atoms with van der Waals surface area (Å²) in [5, 5.41) is 6.99. The molecule has 12 heteroatoms. The Morgan fingerprint density at radius 2 is 2.00 bits per heavy atom. The van der Waals surface area contributed by atoms with Gasteiger partial charge in [-0.05, 0) is 42.7 Å². The average molecular weight is 521 g/mol. The molecule has 194 valence electrons. The van der Waals surface area contributed by atoms with Gasteiger partial charge in [-0.1, -0.05) is 12.1 Å². The van der Waals surface area contributed by atoms with Crippen molar-refractivity contribution in [1.82, 2.24) is 24.3 Å². The van der Waals surface area contributed by atoms with E-state index in [1.165, 1.54) is 4.90 Å². The number of piperidine rings is 1. The molecule has 1 fully saturated rings. The molecule has 0 spiro atoms. The largest absolute Gasteiger partial charge is 0.598 e. The lowest BCUT2D eigenvalue weighted by Crippen LogP contribution is -2.44. The molecule has 0 radical (unpaired) electrons. The van der Waals surface area contributed by atoms with Crippen LogP contribution in [0.2, 0.25) is 0 Å². The Bertz CT molecular complexity index is 1070. The Hall–Kier alpha value is -3.09. The van der Waals surface area contributed by atoms with Crippen molar-refractivity contribution < 1.29 is 22.5 Å². The summed E-state index contributed by atoms with van der Waals surface area (Å²) < 4.78 is 44.1. The van der Waals surface area contributed by atoms with Crippen LogP contribution < -0.4 is 0 Å². The average Bonchev–Trinajstić information content (AvgIpc) is 3.38. The maximum absolute atomic E-state index is 12.7. The molecule has 1 saturated heterocycles. The molecule has 2 aromatic rings. The predicted molar refractivity (Wildman–Crippen MR) is 134 cm³/mol. The first kappa shape index (κ1) is 27.5. The van der Waals surface area contributed by atoms with Crippen LogP contribution in [0.5, 0.6) is 0 Å². The van der Waals surface area contributed by atoms with E-state index >= 15 is 0 Å². The fraction of sp³-hybridized carbons (Fsp3) is 0.417. The highest BCUT2D eigenvalue weighted by molar-refractivity contribution is 7.88. The zero-order chi connectivity index (χ0) is 26.1. The van der Waals surface area contributed by atoms with Crippen LogP contribution in [0.15, 0.2) is 57.7 Å². The Morgan fingerprint density at radius 1 is 1.31 bits per heavy atom. The van der Waals surface area contributed by atoms with Gasteiger partial charge in [-0.2, -0.15) is 8.78 Å². The first-order valence-corrected chi connectivity index (χ1v) is 12.9. The van der Waals surface area contributed by atoms with Crippen LogP contribution in [0, 0.1) is 0 Å². The summed E-state index contributed by atoms with van der Waals surface area (Å²) in [5.74, 6) is -0.716. The van der Waals surface area contributed by atoms with E-state index in [0.717, 1.165) is 43.6 Å². The van der Waals surface area contributed by atoms with Crippen molar-refractivity contribution in [3.8, 4) is 11.5 Å². The van der Waals surface area contributed by atoms with Crippen molar-refractivity contribution in [2.75, 3.05) is 33.4 Å². The van der Waals surface area contributed by atoms with E-state index in [-0.39, 0.29) is 11.9 Å². The lowest BCUT2D eigenvalue weighted by molar-refractivity contribution is -0.116. The molecule has 0 bridgehead atoms. The molecule has 36 heavy (non-hydrogen) atoms. The number of carbonyl (C=O) groups is 1. The van der Waals surface area contributed by atoms with Gasteiger partial charge in [-0.25, -0.2) is 0 Å². The standard InChI is InChI=1S/C24H30F2N6O3S/c1-27-12-4-5-21(30(2)20-10-13-32(14-11-20)36(3)34)16-31(17-33)15-18-6-8-19(9-7-18)23-28-29-24(35-23)22(25)26/h4-9,12,16-17,20,22H,10-11,13-15H2,1-3H3/b5-4-,21-16-,27-12-. The topological polar surface area (TPSA) is 101 Å². The summed E-state index contributed by atoms with van der Waals surface area (Å²) in [4.78, 5) is 19.6. The second-order valence-corrected chi connectivity index (χ2v) is 9.60. The first-order valence-electron chi connectivity index (χ1n) is 11.4. The minimum Gasteiger partial charge on any atom is -0.598 e. The number of rotatable bonds is 11. The van der Waals surface area contributed by atoms with E-state index in [1.807, 2.05) is 23.5 Å². The highest BCUT2D eigenvalue weighted by Crippen LogP contribution is 2.24. The second-order valence-electron chi connectivity index (χ2n) is 8.24. The van der Waals surface area contributed by atoms with E-state index in [9.17, 15) is 18.1 Å². The number of hydrogen-bond acceptors (Lipinski definition) is 8. The summed E-state index contributed by atoms with van der Waals surface area (Å²) in [6, 6.07) is 7.15. The molecular formula is C24H30F2N6O3S. The van der Waals surface area contributed by atoms with Gasteiger partial charge in [0.25, 0.3) is 5.89 Å². The molecular weight excluding hydrogens is 490 g/mol. The molecule has 3 rings (SSSR count). The molecule has 1 unspecified atom stereocenters. The SMILES string of the molecule is C\N=C/C=C\C(=C\N(C=O)Cc1ccc(-c2nnc(C(F)F)o2)cc1)N(C)C1CCN([S+](C)[O-])CC1. The fourth-order valence-electron chi connectivity index (χ4n) is 3.86. The summed E-state index contributed by atoms with van der Waals surface area (Å²) in [6.45, 7) is 1.79. The maximum Gasteiger partial charge on any atom is 0.314 e. The number of hydrogen-bond donors (Lipinski definition) is 0. The van der Waals surface area contributed by atoms with E-state index in [4.69, 9.17) is 4.42 Å². The van der Waals surface area contributed by atoms with Crippen LogP contribution >= 0.6 is 0 Å². The van der Waals surface area contributed by atoms with Crippen LogP contribution in [-0.2, 0) is 22.7 Å². The van der Waals surface area contributed by atoms with Crippen molar-refractivity contribution >= 4 is 24.0 Å². The smallest absolute Gasteiger partial charge is 0.314 e. The molecule has 9 nitrogen and oxygen atoms in total. The minimum atomic E-state index is -2.83. The molecule has 1 aromatic carbocycles. The van der Waals surface area contributed by atoms with Crippen molar-refractivity contribution in [2.24, 2.45) is 4.99 Å². The summed E-state index contributed by atoms with van der Waals surface area (Å²) >= 11 is -0.978. The minimum absolute atomic E-state index is 0.00794. The number of aliphatic imine (C=N–C) groups is 1. The number of benzene rings is 1. The Labute approximate surface area is 212 Å². The molecule has 1 aliphatic rings. The molecule has 1 aromatic heterocycles. The van der Waals surface area contributed by atoms with Crippen LogP contribution in [0.1, 0.15) is 30.7 Å². The predicted octanol–water partition coefficient (Wildman–Crippen LogP) is 3.42. The highest BCUT2D eigenvalue weighted by atomic mass is 32.2. The quantitative estimate of drug-likeness (QED) is 0.194. The van der Waals surface area contributed by atoms with Gasteiger partial charge in [-0.3, -0.25) is 9.79 Å². The number of amides is 1. The number of carbonyl (C=O) groups excluding carboxylic acids is 1. The number of nitrogens with zero attached hydrogens (tertiary/aromatic N) is 6. The normalized spacial score (nSPS) is 16.8. The lowest BCUT2D eigenvalue weighted by Gasteiger charge is -2.37. The molecule has 1 amide bonds. The van der Waals surface area contributed by atoms with Crippen LogP contribution in [-0.4, -0.2) is 81.0 Å². The van der Waals surface area contributed by atoms with Gasteiger partial charge in [0.15, 0.2) is 0 Å². The van der Waals surface area contributed by atoms with E-state index in [1.54, 1.807) is 50.0 Å². The lowest BCUT2D eigenvalue weighted by atomic mass is 10.0. The van der Waals surface area contributed by atoms with Gasteiger partial charge in [0.1, 0.15) is 6.26 Å². The van der Waals surface area contributed by atoms with Gasteiger partial charge >= 0.3 is 6.43 Å². The number of alkyl halides is 2. The van der Waals surface area contributed by atoms with E-state index in [2.05, 4.69) is 20.1 Å². The van der Waals surface area contributed by atoms with Gasteiger partial charge in [0.2, 0.25) is 12.3 Å². The number of allylic oxidation sites excluding steroid dienone is 2. The highest BCUT2D eigenvalue weighted by Gasteiger charge is 2.27. The van der Waals surface area contributed by atoms with Crippen LogP contribution in [0.25, 0.3) is 11.5 Å². The number of halogens is 2. The van der Waals surface area contributed by atoms with Gasteiger partial charge < -0.3 is 18.8 Å². The first-order chi connectivity index (χ1) is 17.3. The monoisotopic (exact) mass is 520 g/mol. The second kappa shape index (κ2) is 13.3. The van der Waals surface area contributed by atoms with Crippen LogP contribution in [0.3, 0.4) is 0 Å². The molecule has 1 aliphatic heterocycles. The third-order valence-electron chi connectivity index (χ3n) is 5.87. The summed E-state index contributed by atoms with van der Waals surface area (Å²) in [5.41, 5.74) is 2.17. The Morgan fingerprint density at radius 3 is 2.56 bits per heavy atom. The number of aromatic nitrogens is 2. The van der Waals surface area contributed by atoms with Crippen molar-refractivity contribution in [3.63, 3.8) is 0 Å². The maximum atomic E-state index is 12.7. The van der Waals surface area contributed by atoms with E-state index in [0.29, 0.717) is 12.1 Å². The van der Waals surface area contributed by atoms with Gasteiger partial charge in [0.05, 0.1) is 12.2 Å². The van der Waals surface area contributed by atoms with Gasteiger partial charge in [-0.15, -0.1) is 14.5 Å². The molecule has 2 heterocycles. The molecule has 0 aliphatic carbocycles. The van der Waals surface area contributed by atoms with Crippen molar-refractivity contribution in [2.45, 2.75) is 31.9 Å². The third kappa shape index (κ3) is 7.45. The molecule has 0 saturated carbocycles. The zero-order valence-electron chi connectivity index (χ0n) is 20.5. The van der Waals surface area contributed by atoms with E-state index < -0.39 is 23.7 Å². The van der Waals surface area contributed by atoms with Crippen LogP contribution in [0.4, 0.5) is 8.78 Å². The van der Waals surface area contributed by atoms with Crippen molar-refractivity contribution in [3.05, 3.63) is 59.8 Å². The molecule has 0 N–H and O–H groups in total. The zero-order valence-corrected chi connectivity index (χ0v) is 21.3. The third-order valence-corrected chi connectivity index (χ3v) is 6.96. The summed E-state index contributed by atoms with van der Waals surface area (Å²) in [7, 11) is 3.67. The summed E-state index contributed by atoms with van der Waals surface area (Å²) in [6.07, 6.45) is 8.49. The van der Waals surface area contributed by atoms with Gasteiger partial charge in [0, 0.05) is 62.6 Å². The Balaban J connectivity index is 1.73. The molecule has 1 atom stereocenters. The fourth-order valence-corrected chi connectivity index (χ4v) is 4.59.